The van der Waals surface area contributed by atoms with Crippen LogP contribution in [0, 0.1) is 6.92 Å². The molecule has 0 radical (unpaired) electrons. The first-order valence-electron chi connectivity index (χ1n) is 9.03. The summed E-state index contributed by atoms with van der Waals surface area (Å²) in [4.78, 5) is 25.0. The Hall–Kier alpha value is -2.03. The number of hydrogen-bond acceptors (Lipinski definition) is 5. The summed E-state index contributed by atoms with van der Waals surface area (Å²) in [6, 6.07) is 9.80. The van der Waals surface area contributed by atoms with Crippen LogP contribution in [0.3, 0.4) is 0 Å². The molecule has 2 N–H and O–H groups in total. The summed E-state index contributed by atoms with van der Waals surface area (Å²) in [7, 11) is -3.75. The fourth-order valence-electron chi connectivity index (χ4n) is 2.86. The molecule has 2 amide bonds. The molecule has 6 nitrogen and oxygen atoms in total. The van der Waals surface area contributed by atoms with Crippen molar-refractivity contribution in [1.82, 2.24) is 0 Å². The van der Waals surface area contributed by atoms with Gasteiger partial charge in [0.05, 0.1) is 15.8 Å². The number of carbonyl (C=O) groups excluding carboxylic acids is 2. The molecule has 1 aliphatic heterocycles. The molecule has 9 heteroatoms. The molecule has 2 aromatic carbocycles. The van der Waals surface area contributed by atoms with Gasteiger partial charge in [-0.2, -0.15) is 0 Å². The van der Waals surface area contributed by atoms with Crippen LogP contribution in [0.1, 0.15) is 25.3 Å². The van der Waals surface area contributed by atoms with Crippen LogP contribution >= 0.6 is 23.4 Å². The molecule has 0 aromatic heterocycles. The van der Waals surface area contributed by atoms with Gasteiger partial charge in [0.25, 0.3) is 0 Å². The minimum Gasteiger partial charge on any atom is -0.326 e. The zero-order valence-corrected chi connectivity index (χ0v) is 18.4. The highest BCUT2D eigenvalue weighted by atomic mass is 35.5. The van der Waals surface area contributed by atoms with Crippen LogP contribution in [0.5, 0.6) is 0 Å². The molecule has 2 aromatic rings. The zero-order chi connectivity index (χ0) is 21.2. The van der Waals surface area contributed by atoms with Gasteiger partial charge in [-0.1, -0.05) is 17.7 Å². The molecule has 1 atom stereocenters. The number of benzene rings is 2. The van der Waals surface area contributed by atoms with Crippen molar-refractivity contribution in [3.8, 4) is 0 Å². The van der Waals surface area contributed by atoms with Crippen molar-refractivity contribution in [2.45, 2.75) is 41.7 Å². The highest BCUT2D eigenvalue weighted by Gasteiger charge is 2.27. The number of anilines is 2. The van der Waals surface area contributed by atoms with Crippen LogP contribution in [-0.4, -0.2) is 31.2 Å². The fraction of sp³-hybridized carbons (Fsp3) is 0.300. The third-order valence-electron chi connectivity index (χ3n) is 4.60. The van der Waals surface area contributed by atoms with E-state index in [1.165, 1.54) is 30.8 Å². The second-order valence-corrected chi connectivity index (χ2v) is 10.8. The molecule has 0 bridgehead atoms. The Labute approximate surface area is 179 Å². The van der Waals surface area contributed by atoms with Crippen LogP contribution in [0.4, 0.5) is 11.4 Å². The second kappa shape index (κ2) is 8.77. The molecular weight excluding hydrogens is 432 g/mol. The van der Waals surface area contributed by atoms with Crippen molar-refractivity contribution >= 4 is 56.4 Å². The topological polar surface area (TPSA) is 92.3 Å². The van der Waals surface area contributed by atoms with Crippen LogP contribution in [0.15, 0.2) is 46.2 Å². The number of nitrogens with one attached hydrogen (secondary N) is 2. The lowest BCUT2D eigenvalue weighted by molar-refractivity contribution is -0.116. The predicted molar refractivity (Wildman–Crippen MR) is 116 cm³/mol. The van der Waals surface area contributed by atoms with E-state index in [4.69, 9.17) is 11.6 Å². The highest BCUT2D eigenvalue weighted by molar-refractivity contribution is 7.99. The molecule has 0 spiro atoms. The van der Waals surface area contributed by atoms with Crippen LogP contribution < -0.4 is 10.6 Å². The van der Waals surface area contributed by atoms with E-state index >= 15 is 0 Å². The van der Waals surface area contributed by atoms with Gasteiger partial charge in [-0.3, -0.25) is 9.59 Å². The van der Waals surface area contributed by atoms with Crippen molar-refractivity contribution in [2.24, 2.45) is 0 Å². The lowest BCUT2D eigenvalue weighted by Crippen LogP contribution is -2.25. The summed E-state index contributed by atoms with van der Waals surface area (Å²) in [5.41, 5.74) is 1.89. The fourth-order valence-corrected chi connectivity index (χ4v) is 5.35. The molecule has 0 saturated heterocycles. The quantitative estimate of drug-likeness (QED) is 0.706. The monoisotopic (exact) mass is 452 g/mol. The van der Waals surface area contributed by atoms with Crippen LogP contribution in [0.25, 0.3) is 0 Å². The van der Waals surface area contributed by atoms with Crippen molar-refractivity contribution in [2.75, 3.05) is 16.4 Å². The lowest BCUT2D eigenvalue weighted by Gasteiger charge is -2.15. The second-order valence-electron chi connectivity index (χ2n) is 6.88. The Morgan fingerprint density at radius 3 is 2.76 bits per heavy atom. The zero-order valence-electron chi connectivity index (χ0n) is 16.0. The van der Waals surface area contributed by atoms with E-state index in [2.05, 4.69) is 10.6 Å². The van der Waals surface area contributed by atoms with Crippen molar-refractivity contribution < 1.29 is 18.0 Å². The Kier molecular flexibility index (Phi) is 6.55. The van der Waals surface area contributed by atoms with Gasteiger partial charge in [0, 0.05) is 34.2 Å². The molecule has 154 valence electrons. The molecule has 29 heavy (non-hydrogen) atoms. The van der Waals surface area contributed by atoms with Gasteiger partial charge >= 0.3 is 0 Å². The maximum absolute atomic E-state index is 13.0. The third kappa shape index (κ3) is 5.12. The summed E-state index contributed by atoms with van der Waals surface area (Å²) in [6.45, 7) is 3.35. The predicted octanol–water partition coefficient (Wildman–Crippen LogP) is 4.27. The largest absolute Gasteiger partial charge is 0.326 e. The first kappa shape index (κ1) is 21.7. The average Bonchev–Trinajstić information content (AvgIpc) is 2.84. The summed E-state index contributed by atoms with van der Waals surface area (Å²) >= 11 is 7.56. The minimum absolute atomic E-state index is 0.0812. The Morgan fingerprint density at radius 1 is 1.28 bits per heavy atom. The maximum Gasteiger partial charge on any atom is 0.225 e. The molecule has 0 unspecified atom stereocenters. The van der Waals surface area contributed by atoms with E-state index in [1.54, 1.807) is 24.3 Å². The normalized spacial score (nSPS) is 15.1. The molecule has 1 heterocycles. The van der Waals surface area contributed by atoms with Gasteiger partial charge in [-0.05, 0) is 49.7 Å². The van der Waals surface area contributed by atoms with Gasteiger partial charge in [0.1, 0.15) is 0 Å². The third-order valence-corrected chi connectivity index (χ3v) is 8.22. The van der Waals surface area contributed by atoms with Crippen LogP contribution in [0.2, 0.25) is 5.02 Å². The Balaban J connectivity index is 1.74. The average molecular weight is 453 g/mol. The number of carbonyl (C=O) groups is 2. The molecule has 3 rings (SSSR count). The number of amides is 2. The van der Waals surface area contributed by atoms with Crippen molar-refractivity contribution in [3.05, 3.63) is 47.0 Å². The van der Waals surface area contributed by atoms with Gasteiger partial charge in [-0.25, -0.2) is 8.42 Å². The number of hydrogen-bond donors (Lipinski definition) is 2. The maximum atomic E-state index is 13.0. The van der Waals surface area contributed by atoms with E-state index in [1.807, 2.05) is 6.92 Å². The van der Waals surface area contributed by atoms with E-state index in [9.17, 15) is 18.0 Å². The van der Waals surface area contributed by atoms with E-state index in [0.717, 1.165) is 10.5 Å². The molecular formula is C20H21ClN2O4S2. The Bertz CT molecular complexity index is 1070. The minimum atomic E-state index is -3.75. The summed E-state index contributed by atoms with van der Waals surface area (Å²) in [6.07, 6.45) is 0.174. The molecule has 1 aliphatic rings. The Morgan fingerprint density at radius 2 is 2.03 bits per heavy atom. The lowest BCUT2D eigenvalue weighted by atomic mass is 10.2. The molecule has 0 fully saturated rings. The van der Waals surface area contributed by atoms with E-state index < -0.39 is 21.0 Å². The van der Waals surface area contributed by atoms with Crippen molar-refractivity contribution in [3.63, 3.8) is 0 Å². The summed E-state index contributed by atoms with van der Waals surface area (Å²) < 4.78 is 25.9. The number of aryl methyl sites for hydroxylation is 1. The number of rotatable bonds is 5. The van der Waals surface area contributed by atoms with Gasteiger partial charge < -0.3 is 10.6 Å². The first-order chi connectivity index (χ1) is 13.7. The number of fused-ring (bicyclic) bond motifs is 1. The van der Waals surface area contributed by atoms with Gasteiger partial charge in [0.2, 0.25) is 11.8 Å². The van der Waals surface area contributed by atoms with Crippen LogP contribution in [-0.2, 0) is 19.4 Å². The number of halogens is 1. The van der Waals surface area contributed by atoms with Crippen molar-refractivity contribution in [1.29, 1.82) is 0 Å². The van der Waals surface area contributed by atoms with E-state index in [0.29, 0.717) is 28.6 Å². The summed E-state index contributed by atoms with van der Waals surface area (Å²) in [5.74, 6) is 0.0828. The van der Waals surface area contributed by atoms with Gasteiger partial charge in [0.15, 0.2) is 9.84 Å². The molecule has 0 saturated carbocycles. The number of sulfone groups is 1. The highest BCUT2D eigenvalue weighted by Crippen LogP contribution is 2.33. The molecule has 0 aliphatic carbocycles. The summed E-state index contributed by atoms with van der Waals surface area (Å²) in [5, 5.41) is 5.01. The smallest absolute Gasteiger partial charge is 0.225 e. The van der Waals surface area contributed by atoms with Gasteiger partial charge in [-0.15, -0.1) is 11.8 Å². The number of thioether (sulfide) groups is 1. The SMILES string of the molecule is Cc1ccc(NC(=O)C[C@H](C)S(=O)(=O)c2ccc3c(c2)NC(=O)CCS3)cc1Cl. The van der Waals surface area contributed by atoms with E-state index in [-0.39, 0.29) is 17.2 Å². The first-order valence-corrected chi connectivity index (χ1v) is 11.9. The standard InChI is InChI=1S/C20H21ClN2O4S2/c1-12-3-4-14(10-16(12)21)22-20(25)9-13(2)29(26,27)15-5-6-18-17(11-15)23-19(24)7-8-28-18/h3-6,10-11,13H,7-9H2,1-2H3,(H,22,25)(H,23,24)/t13-/m0/s1.